The molecule has 0 bridgehead atoms. The lowest BCUT2D eigenvalue weighted by Gasteiger charge is -2.10. The van der Waals surface area contributed by atoms with Gasteiger partial charge in [0.1, 0.15) is 0 Å². The van der Waals surface area contributed by atoms with Crippen LogP contribution in [-0.2, 0) is 9.53 Å². The summed E-state index contributed by atoms with van der Waals surface area (Å²) in [4.78, 5) is 35.6. The van der Waals surface area contributed by atoms with Crippen LogP contribution in [0, 0.1) is 0 Å². The summed E-state index contributed by atoms with van der Waals surface area (Å²) in [6.45, 7) is 1.65. The van der Waals surface area contributed by atoms with Gasteiger partial charge in [-0.15, -0.1) is 0 Å². The van der Waals surface area contributed by atoms with Crippen LogP contribution < -0.4 is 16.0 Å². The molecule has 0 saturated carbocycles. The maximum Gasteiger partial charge on any atom is 0.411 e. The average Bonchev–Trinajstić information content (AvgIpc) is 2.63. The molecule has 0 saturated heterocycles. The average molecular weight is 410 g/mol. The summed E-state index contributed by atoms with van der Waals surface area (Å²) in [6.07, 6.45) is -0.618. The molecule has 27 heavy (non-hydrogen) atoms. The second-order valence-corrected chi connectivity index (χ2v) is 6.12. The van der Waals surface area contributed by atoms with E-state index in [1.165, 1.54) is 12.1 Å². The van der Waals surface area contributed by atoms with Gasteiger partial charge in [0.2, 0.25) is 5.91 Å². The van der Waals surface area contributed by atoms with E-state index in [0.717, 1.165) is 0 Å². The molecule has 3 N–H and O–H groups in total. The molecule has 0 fully saturated rings. The van der Waals surface area contributed by atoms with Gasteiger partial charge < -0.3 is 15.4 Å². The van der Waals surface area contributed by atoms with Gasteiger partial charge in [-0.25, -0.2) is 4.79 Å². The second-order valence-electron chi connectivity index (χ2n) is 5.28. The van der Waals surface area contributed by atoms with Gasteiger partial charge in [-0.1, -0.05) is 29.3 Å². The normalized spacial score (nSPS) is 10.0. The number of amides is 3. The Kier molecular flexibility index (Phi) is 7.45. The Morgan fingerprint density at radius 1 is 1.04 bits per heavy atom. The number of carbonyl (C=O) groups excluding carboxylic acids is 3. The largest absolute Gasteiger partial charge is 0.450 e. The Morgan fingerprint density at radius 2 is 1.81 bits per heavy atom. The molecular formula is C18H17Cl2N3O4. The Balaban J connectivity index is 1.92. The third kappa shape index (κ3) is 6.47. The van der Waals surface area contributed by atoms with E-state index in [9.17, 15) is 14.4 Å². The van der Waals surface area contributed by atoms with Crippen molar-refractivity contribution in [2.24, 2.45) is 0 Å². The summed E-state index contributed by atoms with van der Waals surface area (Å²) in [7, 11) is 0. The summed E-state index contributed by atoms with van der Waals surface area (Å²) in [6, 6.07) is 10.9. The maximum atomic E-state index is 12.2. The lowest BCUT2D eigenvalue weighted by atomic mass is 10.2. The van der Waals surface area contributed by atoms with Crippen molar-refractivity contribution in [2.45, 2.75) is 6.92 Å². The Morgan fingerprint density at radius 3 is 2.56 bits per heavy atom. The molecule has 0 aliphatic carbocycles. The molecule has 0 unspecified atom stereocenters. The molecule has 0 aliphatic rings. The van der Waals surface area contributed by atoms with Crippen LogP contribution >= 0.6 is 23.2 Å². The fourth-order valence-electron chi connectivity index (χ4n) is 2.07. The minimum absolute atomic E-state index is 0.234. The predicted molar refractivity (Wildman–Crippen MR) is 105 cm³/mol. The second kappa shape index (κ2) is 9.80. The third-order valence-corrected chi connectivity index (χ3v) is 3.82. The number of hydrogen-bond donors (Lipinski definition) is 3. The van der Waals surface area contributed by atoms with E-state index in [4.69, 9.17) is 27.9 Å². The van der Waals surface area contributed by atoms with Crippen LogP contribution in [0.3, 0.4) is 0 Å². The van der Waals surface area contributed by atoms with Crippen LogP contribution in [-0.4, -0.2) is 31.1 Å². The maximum absolute atomic E-state index is 12.2. The number of carbonyl (C=O) groups is 3. The van der Waals surface area contributed by atoms with Crippen molar-refractivity contribution in [1.82, 2.24) is 5.32 Å². The number of nitrogens with one attached hydrogen (secondary N) is 3. The first-order valence-electron chi connectivity index (χ1n) is 7.96. The van der Waals surface area contributed by atoms with Crippen molar-refractivity contribution in [1.29, 1.82) is 0 Å². The van der Waals surface area contributed by atoms with Crippen LogP contribution in [0.1, 0.15) is 17.3 Å². The molecule has 0 radical (unpaired) electrons. The molecule has 3 amide bonds. The number of rotatable bonds is 6. The van der Waals surface area contributed by atoms with Gasteiger partial charge in [-0.2, -0.15) is 0 Å². The van der Waals surface area contributed by atoms with E-state index >= 15 is 0 Å². The molecule has 0 spiro atoms. The van der Waals surface area contributed by atoms with Crippen molar-refractivity contribution >= 4 is 52.5 Å². The van der Waals surface area contributed by atoms with E-state index < -0.39 is 17.9 Å². The fraction of sp³-hybridized carbons (Fsp3) is 0.167. The number of hydrogen-bond acceptors (Lipinski definition) is 4. The van der Waals surface area contributed by atoms with Gasteiger partial charge in [0.25, 0.3) is 5.91 Å². The molecule has 142 valence electrons. The molecular weight excluding hydrogens is 393 g/mol. The molecule has 0 aliphatic heterocycles. The number of halogens is 2. The number of anilines is 2. The summed E-state index contributed by atoms with van der Waals surface area (Å²) in [5.74, 6) is -0.942. The van der Waals surface area contributed by atoms with Gasteiger partial charge in [-0.05, 0) is 43.3 Å². The molecule has 7 nitrogen and oxygen atoms in total. The Hall–Kier alpha value is -2.77. The highest BCUT2D eigenvalue weighted by molar-refractivity contribution is 6.35. The van der Waals surface area contributed by atoms with Crippen LogP contribution in [0.25, 0.3) is 0 Å². The lowest BCUT2D eigenvalue weighted by molar-refractivity contribution is -0.115. The predicted octanol–water partition coefficient (Wildman–Crippen LogP) is 3.93. The monoisotopic (exact) mass is 409 g/mol. The van der Waals surface area contributed by atoms with Crippen molar-refractivity contribution in [2.75, 3.05) is 23.8 Å². The van der Waals surface area contributed by atoms with Crippen molar-refractivity contribution in [3.8, 4) is 0 Å². The fourth-order valence-corrected chi connectivity index (χ4v) is 2.41. The van der Waals surface area contributed by atoms with Crippen molar-refractivity contribution < 1.29 is 19.1 Å². The van der Waals surface area contributed by atoms with Crippen molar-refractivity contribution in [3.63, 3.8) is 0 Å². The van der Waals surface area contributed by atoms with E-state index in [2.05, 4.69) is 16.0 Å². The van der Waals surface area contributed by atoms with Gasteiger partial charge in [-0.3, -0.25) is 14.9 Å². The summed E-state index contributed by atoms with van der Waals surface area (Å²) in [5.41, 5.74) is 1.03. The first kappa shape index (κ1) is 20.5. The molecule has 2 aromatic rings. The smallest absolute Gasteiger partial charge is 0.411 e. The zero-order valence-corrected chi connectivity index (χ0v) is 15.9. The Bertz CT molecular complexity index is 858. The third-order valence-electron chi connectivity index (χ3n) is 3.26. The van der Waals surface area contributed by atoms with E-state index in [-0.39, 0.29) is 18.7 Å². The van der Waals surface area contributed by atoms with E-state index in [1.807, 2.05) is 0 Å². The van der Waals surface area contributed by atoms with Gasteiger partial charge in [0.15, 0.2) is 0 Å². The Labute approximate surface area is 166 Å². The standard InChI is InChI=1S/C18H17Cl2N3O4/c1-2-27-18(26)22-13-5-3-4-11(8-13)17(25)21-10-16(24)23-15-9-12(19)6-7-14(15)20/h3-9H,2,10H2,1H3,(H,21,25)(H,22,26)(H,23,24). The SMILES string of the molecule is CCOC(=O)Nc1cccc(C(=O)NCC(=O)Nc2cc(Cl)ccc2Cl)c1. The number of ether oxygens (including phenoxy) is 1. The van der Waals surface area contributed by atoms with Crippen LogP contribution in [0.4, 0.5) is 16.2 Å². The summed E-state index contributed by atoms with van der Waals surface area (Å²) >= 11 is 11.8. The quantitative estimate of drug-likeness (QED) is 0.672. The van der Waals surface area contributed by atoms with E-state index in [0.29, 0.717) is 21.4 Å². The van der Waals surface area contributed by atoms with Crippen molar-refractivity contribution in [3.05, 3.63) is 58.1 Å². The molecule has 0 atom stereocenters. The van der Waals surface area contributed by atoms with Crippen LogP contribution in [0.5, 0.6) is 0 Å². The van der Waals surface area contributed by atoms with Crippen LogP contribution in [0.15, 0.2) is 42.5 Å². The van der Waals surface area contributed by atoms with Crippen LogP contribution in [0.2, 0.25) is 10.0 Å². The summed E-state index contributed by atoms with van der Waals surface area (Å²) in [5, 5.41) is 8.30. The van der Waals surface area contributed by atoms with E-state index in [1.54, 1.807) is 37.3 Å². The van der Waals surface area contributed by atoms with Gasteiger partial charge in [0, 0.05) is 16.3 Å². The molecule has 2 aromatic carbocycles. The number of benzene rings is 2. The lowest BCUT2D eigenvalue weighted by Crippen LogP contribution is -2.33. The van der Waals surface area contributed by atoms with Gasteiger partial charge >= 0.3 is 6.09 Å². The molecule has 0 heterocycles. The minimum Gasteiger partial charge on any atom is -0.450 e. The first-order valence-corrected chi connectivity index (χ1v) is 8.71. The molecule has 0 aromatic heterocycles. The first-order chi connectivity index (χ1) is 12.9. The highest BCUT2D eigenvalue weighted by Gasteiger charge is 2.11. The minimum atomic E-state index is -0.618. The highest BCUT2D eigenvalue weighted by atomic mass is 35.5. The molecule has 2 rings (SSSR count). The topological polar surface area (TPSA) is 96.5 Å². The van der Waals surface area contributed by atoms with Gasteiger partial charge in [0.05, 0.1) is 23.9 Å². The zero-order valence-electron chi connectivity index (χ0n) is 14.3. The zero-order chi connectivity index (χ0) is 19.8. The molecule has 9 heteroatoms. The highest BCUT2D eigenvalue weighted by Crippen LogP contribution is 2.25. The summed E-state index contributed by atoms with van der Waals surface area (Å²) < 4.78 is 4.78.